The first-order valence-electron chi connectivity index (χ1n) is 8.58. The van der Waals surface area contributed by atoms with E-state index < -0.39 is 6.04 Å². The molecule has 2 N–H and O–H groups in total. The molecule has 0 bridgehead atoms. The van der Waals surface area contributed by atoms with E-state index in [4.69, 9.17) is 4.74 Å². The Labute approximate surface area is 166 Å². The van der Waals surface area contributed by atoms with Gasteiger partial charge >= 0.3 is 5.97 Å². The second-order valence-electron chi connectivity index (χ2n) is 6.16. The molecule has 1 atom stereocenters. The molecule has 0 aliphatic rings. The number of methoxy groups -OCH3 is 1. The molecule has 1 unspecified atom stereocenters. The van der Waals surface area contributed by atoms with E-state index in [1.54, 1.807) is 49.5 Å². The number of amides is 1. The first-order valence-corrected chi connectivity index (χ1v) is 9.40. The number of aryl methyl sites for hydroxylation is 1. The number of thiazole rings is 1. The largest absolute Gasteiger partial charge is 0.465 e. The van der Waals surface area contributed by atoms with Crippen molar-refractivity contribution < 1.29 is 14.3 Å². The number of benzene rings is 1. The van der Waals surface area contributed by atoms with Crippen LogP contribution in [-0.4, -0.2) is 40.8 Å². The van der Waals surface area contributed by atoms with Crippen molar-refractivity contribution in [3.63, 3.8) is 0 Å². The van der Waals surface area contributed by atoms with Crippen LogP contribution in [0.4, 0.5) is 5.13 Å². The predicted molar refractivity (Wildman–Crippen MR) is 106 cm³/mol. The second-order valence-corrected chi connectivity index (χ2v) is 7.27. The Bertz CT molecular complexity index is 981. The Balaban J connectivity index is 1.67. The van der Waals surface area contributed by atoms with Gasteiger partial charge in [0.1, 0.15) is 6.04 Å². The zero-order chi connectivity index (χ0) is 20.1. The van der Waals surface area contributed by atoms with Crippen LogP contribution in [0.15, 0.2) is 42.9 Å². The quantitative estimate of drug-likeness (QED) is 0.591. The zero-order valence-corrected chi connectivity index (χ0v) is 16.6. The third kappa shape index (κ3) is 4.62. The van der Waals surface area contributed by atoms with Crippen LogP contribution in [-0.2, 0) is 23.0 Å². The summed E-state index contributed by atoms with van der Waals surface area (Å²) in [5.74, 6) is -0.572. The molecule has 2 aromatic heterocycles. The predicted octanol–water partition coefficient (Wildman–Crippen LogP) is 2.15. The Hall–Kier alpha value is -3.04. The van der Waals surface area contributed by atoms with Crippen LogP contribution in [0, 0.1) is 0 Å². The lowest BCUT2D eigenvalue weighted by molar-refractivity contribution is -0.118. The third-order valence-electron chi connectivity index (χ3n) is 4.12. The number of rotatable bonds is 7. The summed E-state index contributed by atoms with van der Waals surface area (Å²) in [5, 5.41) is 10.5. The number of ether oxygens (including phenoxy) is 1. The molecule has 3 rings (SSSR count). The van der Waals surface area contributed by atoms with Crippen molar-refractivity contribution in [2.75, 3.05) is 19.5 Å². The minimum atomic E-state index is -0.516. The lowest BCUT2D eigenvalue weighted by Crippen LogP contribution is -2.30. The number of esters is 1. The van der Waals surface area contributed by atoms with Gasteiger partial charge in [-0.15, -0.1) is 11.3 Å². The van der Waals surface area contributed by atoms with Gasteiger partial charge in [-0.2, -0.15) is 5.10 Å². The lowest BCUT2D eigenvalue weighted by Gasteiger charge is -2.12. The van der Waals surface area contributed by atoms with Gasteiger partial charge in [-0.3, -0.25) is 9.48 Å². The molecule has 3 aromatic rings. The first kappa shape index (κ1) is 19.7. The van der Waals surface area contributed by atoms with Crippen LogP contribution >= 0.6 is 11.3 Å². The van der Waals surface area contributed by atoms with Crippen LogP contribution < -0.4 is 10.6 Å². The molecule has 0 radical (unpaired) electrons. The summed E-state index contributed by atoms with van der Waals surface area (Å²) < 4.78 is 6.40. The van der Waals surface area contributed by atoms with Gasteiger partial charge < -0.3 is 15.4 Å². The van der Waals surface area contributed by atoms with Crippen LogP contribution in [0.25, 0.3) is 0 Å². The molecule has 0 saturated carbocycles. The number of aromatic nitrogens is 3. The summed E-state index contributed by atoms with van der Waals surface area (Å²) in [6.45, 7) is 0. The number of nitrogens with one attached hydrogen (secondary N) is 2. The van der Waals surface area contributed by atoms with Crippen molar-refractivity contribution in [3.05, 3.63) is 64.4 Å². The fourth-order valence-corrected chi connectivity index (χ4v) is 3.64. The number of hydrogen-bond donors (Lipinski definition) is 2. The fourth-order valence-electron chi connectivity index (χ4n) is 2.79. The minimum Gasteiger partial charge on any atom is -0.465 e. The maximum Gasteiger partial charge on any atom is 0.337 e. The molecule has 8 nitrogen and oxygen atoms in total. The van der Waals surface area contributed by atoms with E-state index in [1.165, 1.54) is 18.4 Å². The van der Waals surface area contributed by atoms with E-state index in [0.29, 0.717) is 17.1 Å². The van der Waals surface area contributed by atoms with E-state index in [0.717, 1.165) is 16.0 Å². The summed E-state index contributed by atoms with van der Waals surface area (Å²) >= 11 is 1.40. The smallest absolute Gasteiger partial charge is 0.337 e. The number of likely N-dealkylation sites (N-methyl/N-ethyl adjacent to an activating group) is 1. The number of carbonyl (C=O) groups is 2. The van der Waals surface area contributed by atoms with Crippen molar-refractivity contribution in [3.8, 4) is 0 Å². The van der Waals surface area contributed by atoms with Crippen LogP contribution in [0.5, 0.6) is 0 Å². The molecule has 0 aliphatic carbocycles. The average Bonchev–Trinajstić information content (AvgIpc) is 3.31. The highest BCUT2D eigenvalue weighted by Gasteiger charge is 2.21. The first-order chi connectivity index (χ1) is 13.5. The van der Waals surface area contributed by atoms with E-state index in [-0.39, 0.29) is 11.9 Å². The molecule has 1 amide bonds. The van der Waals surface area contributed by atoms with Crippen LogP contribution in [0.2, 0.25) is 0 Å². The van der Waals surface area contributed by atoms with Gasteiger partial charge in [0.2, 0.25) is 5.91 Å². The zero-order valence-electron chi connectivity index (χ0n) is 15.8. The molecule has 0 aliphatic heterocycles. The highest BCUT2D eigenvalue weighted by atomic mass is 32.1. The van der Waals surface area contributed by atoms with Crippen molar-refractivity contribution in [2.45, 2.75) is 12.5 Å². The van der Waals surface area contributed by atoms with Crippen molar-refractivity contribution in [2.24, 2.45) is 7.05 Å². The maximum atomic E-state index is 12.6. The van der Waals surface area contributed by atoms with Crippen molar-refractivity contribution in [1.82, 2.24) is 20.1 Å². The van der Waals surface area contributed by atoms with Gasteiger partial charge in [0.25, 0.3) is 0 Å². The Morgan fingerprint density at radius 2 is 2.14 bits per heavy atom. The monoisotopic (exact) mass is 399 g/mol. The Morgan fingerprint density at radius 1 is 1.32 bits per heavy atom. The molecule has 9 heteroatoms. The van der Waals surface area contributed by atoms with Gasteiger partial charge in [-0.05, 0) is 24.7 Å². The van der Waals surface area contributed by atoms with E-state index in [9.17, 15) is 9.59 Å². The van der Waals surface area contributed by atoms with Gasteiger partial charge in [-0.25, -0.2) is 9.78 Å². The minimum absolute atomic E-state index is 0.205. The van der Waals surface area contributed by atoms with Crippen LogP contribution in [0.1, 0.15) is 32.4 Å². The van der Waals surface area contributed by atoms with Gasteiger partial charge in [0.05, 0.1) is 18.9 Å². The highest BCUT2D eigenvalue weighted by molar-refractivity contribution is 7.15. The second kappa shape index (κ2) is 8.77. The Kier molecular flexibility index (Phi) is 6.17. The molecule has 1 aromatic carbocycles. The van der Waals surface area contributed by atoms with Gasteiger partial charge in [0, 0.05) is 36.3 Å². The summed E-state index contributed by atoms with van der Waals surface area (Å²) in [5.41, 5.74) is 2.25. The highest BCUT2D eigenvalue weighted by Crippen LogP contribution is 2.23. The summed E-state index contributed by atoms with van der Waals surface area (Å²) in [7, 11) is 4.88. The standard InChI is InChI=1S/C19H21N5O3S/c1-20-16(14-9-22-24(2)11-14)17(25)23-19-21-10-15(28-19)8-12-5-4-6-13(7-12)18(26)27-3/h4-7,9-11,16,20H,8H2,1-3H3,(H,21,23,25). The lowest BCUT2D eigenvalue weighted by atomic mass is 10.1. The molecular weight excluding hydrogens is 378 g/mol. The molecular formula is C19H21N5O3S. The van der Waals surface area contributed by atoms with Crippen LogP contribution in [0.3, 0.4) is 0 Å². The average molecular weight is 399 g/mol. The number of nitrogens with zero attached hydrogens (tertiary/aromatic N) is 3. The normalized spacial score (nSPS) is 11.8. The fraction of sp³-hybridized carbons (Fsp3) is 0.263. The molecule has 0 saturated heterocycles. The van der Waals surface area contributed by atoms with Gasteiger partial charge in [-0.1, -0.05) is 12.1 Å². The maximum absolute atomic E-state index is 12.6. The van der Waals surface area contributed by atoms with Gasteiger partial charge in [0.15, 0.2) is 5.13 Å². The molecule has 28 heavy (non-hydrogen) atoms. The summed E-state index contributed by atoms with van der Waals surface area (Å²) in [6, 6.07) is 6.74. The topological polar surface area (TPSA) is 98.1 Å². The third-order valence-corrected chi connectivity index (χ3v) is 5.03. The number of hydrogen-bond acceptors (Lipinski definition) is 7. The molecule has 0 fully saturated rings. The SMILES string of the molecule is CNC(C(=O)Nc1ncc(Cc2cccc(C(=O)OC)c2)s1)c1cnn(C)c1. The van der Waals surface area contributed by atoms with E-state index >= 15 is 0 Å². The van der Waals surface area contributed by atoms with Crippen molar-refractivity contribution in [1.29, 1.82) is 0 Å². The number of anilines is 1. The van der Waals surface area contributed by atoms with Crippen molar-refractivity contribution >= 4 is 28.3 Å². The van der Waals surface area contributed by atoms with E-state index in [1.807, 2.05) is 12.1 Å². The summed E-state index contributed by atoms with van der Waals surface area (Å²) in [6.07, 6.45) is 5.78. The molecule has 146 valence electrons. The molecule has 0 spiro atoms. The van der Waals surface area contributed by atoms with E-state index in [2.05, 4.69) is 20.7 Å². The number of carbonyl (C=O) groups excluding carboxylic acids is 2. The molecule has 2 heterocycles. The Morgan fingerprint density at radius 3 is 2.82 bits per heavy atom. The summed E-state index contributed by atoms with van der Waals surface area (Å²) in [4.78, 5) is 29.5.